The van der Waals surface area contributed by atoms with E-state index in [0.717, 1.165) is 0 Å². The minimum atomic E-state index is -1.97. The van der Waals surface area contributed by atoms with Crippen LogP contribution in [-0.4, -0.2) is 10.2 Å². The molecule has 0 bridgehead atoms. The standard InChI is InChI=1S/C3H4N3O2S/c4-3-1-2-9-6(7,8)5-3/h1-2H,(H2,4,5)/q-1. The van der Waals surface area contributed by atoms with E-state index in [9.17, 15) is 10.4 Å². The molecule has 0 aromatic heterocycles. The Morgan fingerprint density at radius 1 is 1.67 bits per heavy atom. The first kappa shape index (κ1) is 6.56. The van der Waals surface area contributed by atoms with E-state index in [2.05, 4.69) is 5.10 Å². The van der Waals surface area contributed by atoms with Crippen molar-refractivity contribution in [3.63, 3.8) is 0 Å². The Labute approximate surface area is 55.7 Å². The number of quaternary nitrogens is 1. The normalized spacial score (nSPS) is 23.6. The van der Waals surface area contributed by atoms with Crippen molar-refractivity contribution in [1.82, 2.24) is 0 Å². The number of hydrogen-bond acceptors (Lipinski definition) is 5. The number of amidine groups is 1. The zero-order chi connectivity index (χ0) is 6.91. The van der Waals surface area contributed by atoms with Crippen LogP contribution >= 0.6 is 11.9 Å². The van der Waals surface area contributed by atoms with Crippen molar-refractivity contribution >= 4 is 17.8 Å². The smallest absolute Gasteiger partial charge is 0.182 e. The van der Waals surface area contributed by atoms with E-state index in [0.29, 0.717) is 11.9 Å². The summed E-state index contributed by atoms with van der Waals surface area (Å²) in [6.45, 7) is 0. The predicted octanol–water partition coefficient (Wildman–Crippen LogP) is 0.247. The highest BCUT2D eigenvalue weighted by molar-refractivity contribution is 7.96. The molecule has 2 N–H and O–H groups in total. The molecule has 0 saturated carbocycles. The van der Waals surface area contributed by atoms with Gasteiger partial charge in [-0.25, -0.2) is 0 Å². The van der Waals surface area contributed by atoms with E-state index in [1.165, 1.54) is 11.5 Å². The first-order valence-corrected chi connectivity index (χ1v) is 2.95. The Bertz CT molecular complexity index is 176. The Morgan fingerprint density at radius 3 is 2.67 bits per heavy atom. The molecular formula is C3H4N3O2S-. The van der Waals surface area contributed by atoms with Crippen LogP contribution in [0.4, 0.5) is 0 Å². The van der Waals surface area contributed by atoms with Crippen LogP contribution < -0.4 is 5.73 Å². The molecule has 1 rings (SSSR count). The van der Waals surface area contributed by atoms with E-state index in [1.54, 1.807) is 0 Å². The summed E-state index contributed by atoms with van der Waals surface area (Å²) in [5, 5.41) is 25.1. The van der Waals surface area contributed by atoms with Gasteiger partial charge < -0.3 is 16.1 Å². The molecule has 0 spiro atoms. The molecule has 0 amide bonds. The highest BCUT2D eigenvalue weighted by Gasteiger charge is 2.08. The van der Waals surface area contributed by atoms with E-state index < -0.39 is 4.32 Å². The third-order valence-corrected chi connectivity index (χ3v) is 1.28. The molecule has 0 unspecified atom stereocenters. The van der Waals surface area contributed by atoms with E-state index in [1.807, 2.05) is 0 Å². The van der Waals surface area contributed by atoms with Crippen LogP contribution in [-0.2, 0) is 0 Å². The van der Waals surface area contributed by atoms with Gasteiger partial charge in [-0.2, -0.15) is 4.32 Å². The molecule has 0 saturated heterocycles. The molecule has 0 fully saturated rings. The molecule has 1 aliphatic heterocycles. The fourth-order valence-electron chi connectivity index (χ4n) is 0.375. The highest BCUT2D eigenvalue weighted by atomic mass is 32.2. The minimum Gasteiger partial charge on any atom is -0.591 e. The molecule has 9 heavy (non-hydrogen) atoms. The highest BCUT2D eigenvalue weighted by Crippen LogP contribution is 2.23. The number of rotatable bonds is 0. The molecule has 0 aromatic carbocycles. The fourth-order valence-corrected chi connectivity index (χ4v) is 0.871. The minimum absolute atomic E-state index is 0.0289. The van der Waals surface area contributed by atoms with Crippen molar-refractivity contribution in [1.29, 1.82) is 0 Å². The molecular weight excluding hydrogens is 142 g/mol. The van der Waals surface area contributed by atoms with Crippen LogP contribution in [0.1, 0.15) is 0 Å². The summed E-state index contributed by atoms with van der Waals surface area (Å²) in [6.07, 6.45) is 1.40. The second kappa shape index (κ2) is 1.99. The lowest BCUT2D eigenvalue weighted by atomic mass is 10.6. The Kier molecular flexibility index (Phi) is 1.45. The van der Waals surface area contributed by atoms with Gasteiger partial charge >= 0.3 is 0 Å². The maximum atomic E-state index is 10.4. The van der Waals surface area contributed by atoms with Gasteiger partial charge in [0.2, 0.25) is 0 Å². The van der Waals surface area contributed by atoms with Gasteiger partial charge in [-0.3, -0.25) is 0 Å². The summed E-state index contributed by atoms with van der Waals surface area (Å²) >= 11 is 0.502. The van der Waals surface area contributed by atoms with Crippen molar-refractivity contribution in [2.75, 3.05) is 0 Å². The Hall–Kier alpha value is -0.560. The maximum absolute atomic E-state index is 10.4. The second-order valence-electron chi connectivity index (χ2n) is 1.40. The van der Waals surface area contributed by atoms with Crippen LogP contribution in [0.15, 0.2) is 16.6 Å². The molecule has 5 nitrogen and oxygen atoms in total. The van der Waals surface area contributed by atoms with Gasteiger partial charge in [-0.05, 0) is 6.08 Å². The monoisotopic (exact) mass is 146 g/mol. The number of nitrogens with two attached hydrogens (primary N) is 1. The van der Waals surface area contributed by atoms with Crippen LogP contribution in [0.25, 0.3) is 0 Å². The SMILES string of the molecule is NC1=N[N+]([O-])([O-])SC=C1. The van der Waals surface area contributed by atoms with Crippen molar-refractivity contribution in [3.8, 4) is 0 Å². The van der Waals surface area contributed by atoms with Gasteiger partial charge in [0.15, 0.2) is 5.84 Å². The molecule has 6 heteroatoms. The van der Waals surface area contributed by atoms with Crippen molar-refractivity contribution in [2.24, 2.45) is 10.8 Å². The summed E-state index contributed by atoms with van der Waals surface area (Å²) in [5.74, 6) is -0.0289. The number of nitrogens with zero attached hydrogens (tertiary/aromatic N) is 2. The second-order valence-corrected chi connectivity index (χ2v) is 2.35. The molecule has 0 aliphatic carbocycles. The van der Waals surface area contributed by atoms with Gasteiger partial charge in [0.25, 0.3) is 0 Å². The predicted molar refractivity (Wildman–Crippen MR) is 35.3 cm³/mol. The number of hydrogen-bond donors (Lipinski definition) is 1. The van der Waals surface area contributed by atoms with Crippen molar-refractivity contribution < 1.29 is 4.32 Å². The lowest BCUT2D eigenvalue weighted by Crippen LogP contribution is -2.26. The first-order chi connectivity index (χ1) is 4.10. The first-order valence-electron chi connectivity index (χ1n) is 2.12. The van der Waals surface area contributed by atoms with Gasteiger partial charge in [0, 0.05) is 5.41 Å². The third-order valence-electron chi connectivity index (χ3n) is 0.671. The molecule has 0 atom stereocenters. The largest absolute Gasteiger partial charge is 0.591 e. The lowest BCUT2D eigenvalue weighted by Gasteiger charge is -2.36. The van der Waals surface area contributed by atoms with Crippen molar-refractivity contribution in [2.45, 2.75) is 0 Å². The van der Waals surface area contributed by atoms with Crippen LogP contribution in [0.3, 0.4) is 0 Å². The van der Waals surface area contributed by atoms with Gasteiger partial charge in [-0.1, -0.05) is 5.10 Å². The average Bonchev–Trinajstić information content (AvgIpc) is 1.60. The molecule has 0 aromatic rings. The van der Waals surface area contributed by atoms with Crippen molar-refractivity contribution in [3.05, 3.63) is 21.9 Å². The lowest BCUT2D eigenvalue weighted by molar-refractivity contribution is -0.688. The Morgan fingerprint density at radius 2 is 2.33 bits per heavy atom. The zero-order valence-corrected chi connectivity index (χ0v) is 5.17. The van der Waals surface area contributed by atoms with E-state index >= 15 is 0 Å². The molecule has 1 heterocycles. The summed E-state index contributed by atoms with van der Waals surface area (Å²) in [7, 11) is 0. The summed E-state index contributed by atoms with van der Waals surface area (Å²) < 4.78 is -1.97. The average molecular weight is 146 g/mol. The topological polar surface area (TPSA) is 84.5 Å². The van der Waals surface area contributed by atoms with Gasteiger partial charge in [0.1, 0.15) is 11.9 Å². The summed E-state index contributed by atoms with van der Waals surface area (Å²) in [5.41, 5.74) is 5.04. The maximum Gasteiger partial charge on any atom is 0.182 e. The third kappa shape index (κ3) is 1.68. The van der Waals surface area contributed by atoms with E-state index in [-0.39, 0.29) is 5.84 Å². The van der Waals surface area contributed by atoms with Crippen LogP contribution in [0.5, 0.6) is 0 Å². The summed E-state index contributed by atoms with van der Waals surface area (Å²) in [6, 6.07) is 0. The molecule has 1 aliphatic rings. The van der Waals surface area contributed by atoms with Crippen LogP contribution in [0, 0.1) is 10.4 Å². The fraction of sp³-hybridized carbons (Fsp3) is 0. The summed E-state index contributed by atoms with van der Waals surface area (Å²) in [4.78, 5) is 0. The van der Waals surface area contributed by atoms with Crippen LogP contribution in [0.2, 0.25) is 0 Å². The van der Waals surface area contributed by atoms with E-state index in [4.69, 9.17) is 5.73 Å². The van der Waals surface area contributed by atoms with Gasteiger partial charge in [0.05, 0.1) is 0 Å². The Balaban J connectivity index is 2.78. The zero-order valence-electron chi connectivity index (χ0n) is 4.35. The molecule has 0 radical (unpaired) electrons. The molecule has 50 valence electrons. The van der Waals surface area contributed by atoms with Gasteiger partial charge in [-0.15, -0.1) is 0 Å². The quantitative estimate of drug-likeness (QED) is 0.301.